The zero-order valence-electron chi connectivity index (χ0n) is 14.1. The van der Waals surface area contributed by atoms with Crippen LogP contribution in [0.5, 0.6) is 0 Å². The number of rotatable bonds is 3. The van der Waals surface area contributed by atoms with Gasteiger partial charge in [-0.2, -0.15) is 0 Å². The van der Waals surface area contributed by atoms with Gasteiger partial charge in [0.1, 0.15) is 6.10 Å². The summed E-state index contributed by atoms with van der Waals surface area (Å²) in [6.45, 7) is 9.91. The Morgan fingerprint density at radius 1 is 1.23 bits per heavy atom. The van der Waals surface area contributed by atoms with Crippen LogP contribution < -0.4 is 10.6 Å². The molecule has 0 spiro atoms. The molecular formula is C18H28N2O2. The fourth-order valence-corrected chi connectivity index (χ4v) is 2.76. The summed E-state index contributed by atoms with van der Waals surface area (Å²) >= 11 is 0. The molecule has 0 saturated carbocycles. The van der Waals surface area contributed by atoms with Crippen molar-refractivity contribution in [3.8, 4) is 0 Å². The minimum absolute atomic E-state index is 0.246. The second-order valence-electron chi connectivity index (χ2n) is 7.11. The molecule has 1 atom stereocenters. The van der Waals surface area contributed by atoms with Crippen LogP contribution in [0.1, 0.15) is 63.7 Å². The summed E-state index contributed by atoms with van der Waals surface area (Å²) < 4.78 is 5.44. The maximum Gasteiger partial charge on any atom is 0.408 e. The lowest BCUT2D eigenvalue weighted by Gasteiger charge is -2.24. The zero-order valence-corrected chi connectivity index (χ0v) is 14.1. The first-order valence-corrected chi connectivity index (χ1v) is 8.14. The molecule has 1 saturated heterocycles. The van der Waals surface area contributed by atoms with E-state index in [4.69, 9.17) is 4.74 Å². The number of hydrogen-bond donors (Lipinski definition) is 2. The molecule has 2 rings (SSSR count). The molecule has 1 unspecified atom stereocenters. The van der Waals surface area contributed by atoms with Gasteiger partial charge in [-0.1, -0.05) is 24.3 Å². The number of ether oxygens (including phenoxy) is 1. The minimum atomic E-state index is -0.373. The van der Waals surface area contributed by atoms with Gasteiger partial charge in [0, 0.05) is 5.54 Å². The van der Waals surface area contributed by atoms with Crippen molar-refractivity contribution in [1.29, 1.82) is 0 Å². The van der Waals surface area contributed by atoms with Crippen LogP contribution >= 0.6 is 0 Å². The van der Waals surface area contributed by atoms with Crippen LogP contribution in [-0.2, 0) is 4.74 Å². The van der Waals surface area contributed by atoms with Gasteiger partial charge in [0.15, 0.2) is 0 Å². The van der Waals surface area contributed by atoms with Crippen molar-refractivity contribution in [2.24, 2.45) is 0 Å². The van der Waals surface area contributed by atoms with Crippen molar-refractivity contribution in [2.75, 3.05) is 13.1 Å². The molecule has 1 fully saturated rings. The molecule has 22 heavy (non-hydrogen) atoms. The van der Waals surface area contributed by atoms with Gasteiger partial charge in [-0.3, -0.25) is 0 Å². The summed E-state index contributed by atoms with van der Waals surface area (Å²) in [6, 6.07) is 8.50. The van der Waals surface area contributed by atoms with E-state index >= 15 is 0 Å². The summed E-state index contributed by atoms with van der Waals surface area (Å²) in [5, 5.41) is 6.20. The maximum atomic E-state index is 11.8. The Kier molecular flexibility index (Phi) is 5.46. The van der Waals surface area contributed by atoms with Crippen LogP contribution in [0.25, 0.3) is 0 Å². The number of hydrogen-bond acceptors (Lipinski definition) is 3. The van der Waals surface area contributed by atoms with Gasteiger partial charge in [-0.25, -0.2) is 4.79 Å². The molecule has 0 aromatic heterocycles. The highest BCUT2D eigenvalue weighted by molar-refractivity contribution is 5.68. The van der Waals surface area contributed by atoms with Gasteiger partial charge < -0.3 is 15.4 Å². The van der Waals surface area contributed by atoms with E-state index < -0.39 is 0 Å². The third-order valence-electron chi connectivity index (χ3n) is 3.98. The molecule has 1 amide bonds. The number of carbonyl (C=O) groups is 1. The Bertz CT molecular complexity index is 485. The number of benzene rings is 1. The Morgan fingerprint density at radius 3 is 2.36 bits per heavy atom. The number of piperidine rings is 1. The van der Waals surface area contributed by atoms with Crippen LogP contribution in [0.15, 0.2) is 24.3 Å². The van der Waals surface area contributed by atoms with Gasteiger partial charge in [0.05, 0.1) is 0 Å². The fourth-order valence-electron chi connectivity index (χ4n) is 2.76. The Labute approximate surface area is 133 Å². The van der Waals surface area contributed by atoms with E-state index in [1.54, 1.807) is 0 Å². The molecule has 1 aliphatic heterocycles. The van der Waals surface area contributed by atoms with Crippen LogP contribution in [0.3, 0.4) is 0 Å². The highest BCUT2D eigenvalue weighted by Crippen LogP contribution is 2.27. The number of amides is 1. The van der Waals surface area contributed by atoms with E-state index in [9.17, 15) is 4.79 Å². The summed E-state index contributed by atoms with van der Waals surface area (Å²) in [5.74, 6) is 0.649. The van der Waals surface area contributed by atoms with Crippen molar-refractivity contribution in [3.63, 3.8) is 0 Å². The van der Waals surface area contributed by atoms with Crippen molar-refractivity contribution in [1.82, 2.24) is 10.6 Å². The summed E-state index contributed by atoms with van der Waals surface area (Å²) in [6.07, 6.45) is 1.77. The Balaban J connectivity index is 1.93. The van der Waals surface area contributed by atoms with E-state index in [2.05, 4.69) is 34.9 Å². The molecule has 1 aromatic carbocycles. The van der Waals surface area contributed by atoms with Gasteiger partial charge in [0.2, 0.25) is 0 Å². The smallest absolute Gasteiger partial charge is 0.408 e. The number of carbonyl (C=O) groups excluding carboxylic acids is 1. The van der Waals surface area contributed by atoms with Gasteiger partial charge in [-0.15, -0.1) is 0 Å². The summed E-state index contributed by atoms with van der Waals surface area (Å²) in [4.78, 5) is 11.8. The molecule has 1 heterocycles. The first-order valence-electron chi connectivity index (χ1n) is 8.14. The predicted octanol–water partition coefficient (Wildman–Crippen LogP) is 3.74. The molecule has 1 aliphatic rings. The lowest BCUT2D eigenvalue weighted by Crippen LogP contribution is -2.41. The standard InChI is InChI=1S/C18H28N2O2/c1-13(22-17(21)20-18(2,3)4)14-5-7-15(8-6-14)16-9-11-19-12-10-16/h5-8,13,16,19H,9-12H2,1-4H3,(H,20,21). The summed E-state index contributed by atoms with van der Waals surface area (Å²) in [7, 11) is 0. The topological polar surface area (TPSA) is 50.4 Å². The molecule has 2 N–H and O–H groups in total. The van der Waals surface area contributed by atoms with Crippen LogP contribution in [0, 0.1) is 0 Å². The fraction of sp³-hybridized carbons (Fsp3) is 0.611. The van der Waals surface area contributed by atoms with E-state index in [1.807, 2.05) is 27.7 Å². The van der Waals surface area contributed by atoms with E-state index in [0.717, 1.165) is 18.7 Å². The molecule has 0 aliphatic carbocycles. The average molecular weight is 304 g/mol. The second-order valence-corrected chi connectivity index (χ2v) is 7.11. The Morgan fingerprint density at radius 2 is 1.82 bits per heavy atom. The van der Waals surface area contributed by atoms with Crippen molar-refractivity contribution in [3.05, 3.63) is 35.4 Å². The van der Waals surface area contributed by atoms with Crippen molar-refractivity contribution < 1.29 is 9.53 Å². The number of nitrogens with one attached hydrogen (secondary N) is 2. The highest BCUT2D eigenvalue weighted by Gasteiger charge is 2.19. The highest BCUT2D eigenvalue weighted by atomic mass is 16.6. The molecule has 122 valence electrons. The second kappa shape index (κ2) is 7.14. The third-order valence-corrected chi connectivity index (χ3v) is 3.98. The molecule has 0 radical (unpaired) electrons. The number of alkyl carbamates (subject to hydrolysis) is 1. The molecular weight excluding hydrogens is 276 g/mol. The first kappa shape index (κ1) is 16.8. The van der Waals surface area contributed by atoms with E-state index in [-0.39, 0.29) is 17.7 Å². The van der Waals surface area contributed by atoms with Gasteiger partial charge in [0.25, 0.3) is 0 Å². The lowest BCUT2D eigenvalue weighted by atomic mass is 9.89. The maximum absolute atomic E-state index is 11.8. The van der Waals surface area contributed by atoms with E-state index in [1.165, 1.54) is 18.4 Å². The van der Waals surface area contributed by atoms with Crippen LogP contribution in [-0.4, -0.2) is 24.7 Å². The third kappa shape index (κ3) is 5.02. The monoisotopic (exact) mass is 304 g/mol. The van der Waals surface area contributed by atoms with Gasteiger partial charge in [-0.05, 0) is 70.7 Å². The van der Waals surface area contributed by atoms with Crippen LogP contribution in [0.2, 0.25) is 0 Å². The van der Waals surface area contributed by atoms with Crippen molar-refractivity contribution >= 4 is 6.09 Å². The first-order chi connectivity index (χ1) is 10.3. The normalized spacial score (nSPS) is 17.8. The van der Waals surface area contributed by atoms with Gasteiger partial charge >= 0.3 is 6.09 Å². The molecule has 4 heteroatoms. The lowest BCUT2D eigenvalue weighted by molar-refractivity contribution is 0.100. The SMILES string of the molecule is CC(OC(=O)NC(C)(C)C)c1ccc(C2CCNCC2)cc1. The van der Waals surface area contributed by atoms with Crippen LogP contribution in [0.4, 0.5) is 4.79 Å². The predicted molar refractivity (Wildman–Crippen MR) is 89.1 cm³/mol. The molecule has 0 bridgehead atoms. The van der Waals surface area contributed by atoms with Crippen molar-refractivity contribution in [2.45, 2.75) is 58.1 Å². The average Bonchev–Trinajstić information content (AvgIpc) is 2.46. The minimum Gasteiger partial charge on any atom is -0.442 e. The molecule has 4 nitrogen and oxygen atoms in total. The Hall–Kier alpha value is -1.55. The molecule has 1 aromatic rings. The summed E-state index contributed by atoms with van der Waals surface area (Å²) in [5.41, 5.74) is 2.13. The largest absolute Gasteiger partial charge is 0.442 e. The quantitative estimate of drug-likeness (QED) is 0.894. The van der Waals surface area contributed by atoms with E-state index in [0.29, 0.717) is 5.92 Å². The zero-order chi connectivity index (χ0) is 16.2.